The number of anilines is 1. The van der Waals surface area contributed by atoms with E-state index in [0.29, 0.717) is 22.8 Å². The number of sulfonamides is 1. The Labute approximate surface area is 277 Å². The summed E-state index contributed by atoms with van der Waals surface area (Å²) in [7, 11) is -2.67. The Morgan fingerprint density at radius 3 is 2.17 bits per heavy atom. The molecule has 0 aromatic heterocycles. The second kappa shape index (κ2) is 15.8. The monoisotopic (exact) mass is 661 g/mol. The Bertz CT molecular complexity index is 1740. The fourth-order valence-electron chi connectivity index (χ4n) is 5.06. The van der Waals surface area contributed by atoms with Crippen LogP contribution < -0.4 is 14.4 Å². The molecule has 1 N–H and O–H groups in total. The lowest BCUT2D eigenvalue weighted by molar-refractivity contribution is -0.140. The molecule has 8 nitrogen and oxygen atoms in total. The van der Waals surface area contributed by atoms with E-state index in [4.69, 9.17) is 16.3 Å². The number of halogens is 1. The Balaban J connectivity index is 1.84. The molecule has 10 heteroatoms. The topological polar surface area (TPSA) is 96.0 Å². The highest BCUT2D eigenvalue weighted by Gasteiger charge is 2.35. The van der Waals surface area contributed by atoms with Gasteiger partial charge in [0, 0.05) is 24.0 Å². The average molecular weight is 662 g/mol. The Morgan fingerprint density at radius 1 is 0.891 bits per heavy atom. The number of amides is 2. The van der Waals surface area contributed by atoms with Crippen molar-refractivity contribution in [3.05, 3.63) is 125 Å². The second-order valence-electron chi connectivity index (χ2n) is 11.1. The quantitative estimate of drug-likeness (QED) is 0.169. The molecule has 4 aromatic rings. The number of hydrogen-bond donors (Lipinski definition) is 1. The predicted octanol–water partition coefficient (Wildman–Crippen LogP) is 6.41. The lowest BCUT2D eigenvalue weighted by Gasteiger charge is -2.34. The van der Waals surface area contributed by atoms with E-state index in [9.17, 15) is 18.0 Å². The Kier molecular flexibility index (Phi) is 11.8. The zero-order chi connectivity index (χ0) is 33.3. The smallest absolute Gasteiger partial charge is 0.264 e. The van der Waals surface area contributed by atoms with Gasteiger partial charge in [-0.2, -0.15) is 0 Å². The van der Waals surface area contributed by atoms with Gasteiger partial charge in [0.15, 0.2) is 0 Å². The van der Waals surface area contributed by atoms with Crippen molar-refractivity contribution >= 4 is 39.1 Å². The summed E-state index contributed by atoms with van der Waals surface area (Å²) in [6, 6.07) is 28.5. The lowest BCUT2D eigenvalue weighted by atomic mass is 10.0. The minimum absolute atomic E-state index is 0.0249. The van der Waals surface area contributed by atoms with Crippen molar-refractivity contribution in [3.8, 4) is 5.75 Å². The summed E-state index contributed by atoms with van der Waals surface area (Å²) in [6.07, 6.45) is 0.922. The number of nitrogens with zero attached hydrogens (tertiary/aromatic N) is 2. The molecule has 0 saturated heterocycles. The summed E-state index contributed by atoms with van der Waals surface area (Å²) in [6.45, 7) is 5.05. The first-order chi connectivity index (χ1) is 22.0. The molecule has 0 saturated carbocycles. The third-order valence-electron chi connectivity index (χ3n) is 7.88. The number of rotatable bonds is 14. The van der Waals surface area contributed by atoms with Crippen LogP contribution in [0.15, 0.2) is 108 Å². The molecule has 46 heavy (non-hydrogen) atoms. The van der Waals surface area contributed by atoms with Gasteiger partial charge in [-0.05, 0) is 73.4 Å². The largest absolute Gasteiger partial charge is 0.497 e. The van der Waals surface area contributed by atoms with E-state index >= 15 is 0 Å². The van der Waals surface area contributed by atoms with E-state index in [1.807, 2.05) is 56.3 Å². The number of carbonyl (C=O) groups is 2. The molecule has 4 rings (SSSR count). The van der Waals surface area contributed by atoms with Crippen LogP contribution >= 0.6 is 11.6 Å². The summed E-state index contributed by atoms with van der Waals surface area (Å²) in [5.41, 5.74) is 2.36. The van der Waals surface area contributed by atoms with Gasteiger partial charge >= 0.3 is 0 Å². The highest BCUT2D eigenvalue weighted by Crippen LogP contribution is 2.31. The van der Waals surface area contributed by atoms with Gasteiger partial charge in [-0.1, -0.05) is 85.3 Å². The van der Waals surface area contributed by atoms with Crippen LogP contribution in [0.2, 0.25) is 5.02 Å². The van der Waals surface area contributed by atoms with E-state index in [1.165, 1.54) is 17.0 Å². The maximum atomic E-state index is 14.6. The molecule has 0 aliphatic carbocycles. The SMILES string of the molecule is CC[C@H](C)NC(=O)[C@@H](Cc1ccccc1)N(Cc1cccc(OC)c1)C(=O)CN(c1cccc(Cl)c1C)S(=O)(=O)c1ccccc1. The van der Waals surface area contributed by atoms with Crippen LogP contribution in [0.25, 0.3) is 0 Å². The van der Waals surface area contributed by atoms with Crippen molar-refractivity contribution in [2.45, 2.75) is 57.1 Å². The van der Waals surface area contributed by atoms with Crippen molar-refractivity contribution in [1.82, 2.24) is 10.2 Å². The van der Waals surface area contributed by atoms with E-state index in [-0.39, 0.29) is 35.5 Å². The van der Waals surface area contributed by atoms with E-state index in [0.717, 1.165) is 15.4 Å². The van der Waals surface area contributed by atoms with Gasteiger partial charge in [-0.25, -0.2) is 8.42 Å². The van der Waals surface area contributed by atoms with Crippen molar-refractivity contribution in [1.29, 1.82) is 0 Å². The third kappa shape index (κ3) is 8.47. The minimum atomic E-state index is -4.23. The molecule has 2 atom stereocenters. The molecule has 0 fully saturated rings. The zero-order valence-corrected chi connectivity index (χ0v) is 28.1. The summed E-state index contributed by atoms with van der Waals surface area (Å²) >= 11 is 6.45. The minimum Gasteiger partial charge on any atom is -0.497 e. The fraction of sp³-hybridized carbons (Fsp3) is 0.278. The first kappa shape index (κ1) is 34.5. The molecule has 0 heterocycles. The van der Waals surface area contributed by atoms with Crippen LogP contribution in [-0.2, 0) is 32.6 Å². The van der Waals surface area contributed by atoms with E-state index in [1.54, 1.807) is 62.6 Å². The van der Waals surface area contributed by atoms with Crippen LogP contribution in [0.3, 0.4) is 0 Å². The van der Waals surface area contributed by atoms with Gasteiger partial charge in [-0.15, -0.1) is 0 Å². The molecule has 0 radical (unpaired) electrons. The molecule has 0 aliphatic rings. The van der Waals surface area contributed by atoms with Crippen molar-refractivity contribution in [2.24, 2.45) is 0 Å². The Hall–Kier alpha value is -4.34. The third-order valence-corrected chi connectivity index (χ3v) is 10.1. The Morgan fingerprint density at radius 2 is 1.52 bits per heavy atom. The van der Waals surface area contributed by atoms with Gasteiger partial charge in [0.05, 0.1) is 17.7 Å². The van der Waals surface area contributed by atoms with Crippen LogP contribution in [-0.4, -0.2) is 50.9 Å². The lowest BCUT2D eigenvalue weighted by Crippen LogP contribution is -2.54. The maximum Gasteiger partial charge on any atom is 0.264 e. The van der Waals surface area contributed by atoms with Crippen LogP contribution in [0.5, 0.6) is 5.75 Å². The number of nitrogens with one attached hydrogen (secondary N) is 1. The first-order valence-corrected chi connectivity index (χ1v) is 17.0. The molecule has 0 unspecified atom stereocenters. The molecule has 4 aromatic carbocycles. The molecule has 0 bridgehead atoms. The van der Waals surface area contributed by atoms with Gasteiger partial charge < -0.3 is 15.0 Å². The summed E-state index contributed by atoms with van der Waals surface area (Å²) in [5, 5.41) is 3.41. The molecule has 2 amide bonds. The molecular formula is C36H40ClN3O5S. The van der Waals surface area contributed by atoms with Crippen LogP contribution in [0.4, 0.5) is 5.69 Å². The highest BCUT2D eigenvalue weighted by atomic mass is 35.5. The molecular weight excluding hydrogens is 622 g/mol. The first-order valence-electron chi connectivity index (χ1n) is 15.1. The second-order valence-corrected chi connectivity index (χ2v) is 13.4. The molecule has 0 aliphatic heterocycles. The van der Waals surface area contributed by atoms with Crippen LogP contribution in [0.1, 0.15) is 37.0 Å². The standard InChI is InChI=1S/C36H40ClN3O5S/c1-5-26(2)38-36(42)34(23-28-14-8-6-9-15-28)39(24-29-16-12-17-30(22-29)45-4)35(41)25-40(33-21-13-20-32(37)27(33)3)46(43,44)31-18-10-7-11-19-31/h6-22,26,34H,5,23-25H2,1-4H3,(H,38,42)/t26-,34+/m0/s1. The predicted molar refractivity (Wildman–Crippen MR) is 183 cm³/mol. The van der Waals surface area contributed by atoms with Crippen LogP contribution in [0, 0.1) is 6.92 Å². The van der Waals surface area contributed by atoms with Gasteiger partial charge in [-0.3, -0.25) is 13.9 Å². The van der Waals surface area contributed by atoms with Gasteiger partial charge in [0.1, 0.15) is 18.3 Å². The zero-order valence-electron chi connectivity index (χ0n) is 26.5. The van der Waals surface area contributed by atoms with Gasteiger partial charge in [0.25, 0.3) is 10.0 Å². The number of carbonyl (C=O) groups excluding carboxylic acids is 2. The van der Waals surface area contributed by atoms with Crippen molar-refractivity contribution in [2.75, 3.05) is 18.0 Å². The summed E-state index contributed by atoms with van der Waals surface area (Å²) in [5.74, 6) is -0.288. The fourth-order valence-corrected chi connectivity index (χ4v) is 6.72. The number of benzene rings is 4. The molecule has 0 spiro atoms. The maximum absolute atomic E-state index is 14.6. The summed E-state index contributed by atoms with van der Waals surface area (Å²) < 4.78 is 34.9. The van der Waals surface area contributed by atoms with Crippen molar-refractivity contribution < 1.29 is 22.7 Å². The number of ether oxygens (including phenoxy) is 1. The van der Waals surface area contributed by atoms with Crippen molar-refractivity contribution in [3.63, 3.8) is 0 Å². The number of methoxy groups -OCH3 is 1. The number of hydrogen-bond acceptors (Lipinski definition) is 5. The van der Waals surface area contributed by atoms with E-state index in [2.05, 4.69) is 5.32 Å². The normalized spacial score (nSPS) is 12.5. The summed E-state index contributed by atoms with van der Waals surface area (Å²) in [4.78, 5) is 30.1. The molecule has 242 valence electrons. The van der Waals surface area contributed by atoms with Gasteiger partial charge in [0.2, 0.25) is 11.8 Å². The highest BCUT2D eigenvalue weighted by molar-refractivity contribution is 7.92. The van der Waals surface area contributed by atoms with E-state index < -0.39 is 28.5 Å². The average Bonchev–Trinajstić information content (AvgIpc) is 3.07.